The smallest absolute Gasteiger partial charge is 0.137 e. The summed E-state index contributed by atoms with van der Waals surface area (Å²) < 4.78 is 6.25. The SMILES string of the molecule is c1ccc(N(c2ccc(-c3ccc4c(ccc5ccc6ccccc6c54)c3)cc2)c2ccc3c(c2)oc2ccccc23)cc1. The zero-order valence-corrected chi connectivity index (χ0v) is 23.9. The molecule has 206 valence electrons. The Morgan fingerprint density at radius 3 is 1.80 bits per heavy atom. The van der Waals surface area contributed by atoms with Gasteiger partial charge in [0.25, 0.3) is 0 Å². The normalized spacial score (nSPS) is 11.6. The number of hydrogen-bond acceptors (Lipinski definition) is 2. The molecule has 9 rings (SSSR count). The van der Waals surface area contributed by atoms with Crippen molar-refractivity contribution in [2.45, 2.75) is 0 Å². The number of nitrogens with zero attached hydrogens (tertiary/aromatic N) is 1. The summed E-state index contributed by atoms with van der Waals surface area (Å²) in [5.41, 5.74) is 7.44. The van der Waals surface area contributed by atoms with Crippen molar-refractivity contribution in [3.63, 3.8) is 0 Å². The average Bonchev–Trinajstić information content (AvgIpc) is 3.46. The van der Waals surface area contributed by atoms with Crippen molar-refractivity contribution in [3.8, 4) is 11.1 Å². The van der Waals surface area contributed by atoms with Gasteiger partial charge in [-0.1, -0.05) is 109 Å². The molecule has 0 radical (unpaired) electrons. The first-order valence-electron chi connectivity index (χ1n) is 15.0. The van der Waals surface area contributed by atoms with Gasteiger partial charge in [0.2, 0.25) is 0 Å². The van der Waals surface area contributed by atoms with E-state index in [1.165, 1.54) is 43.4 Å². The molecule has 2 heteroatoms. The number of furan rings is 1. The monoisotopic (exact) mass is 561 g/mol. The summed E-state index contributed by atoms with van der Waals surface area (Å²) in [6, 6.07) is 58.6. The first-order chi connectivity index (χ1) is 21.8. The third-order valence-electron chi connectivity index (χ3n) is 8.82. The van der Waals surface area contributed by atoms with E-state index in [1.54, 1.807) is 0 Å². The van der Waals surface area contributed by atoms with E-state index in [4.69, 9.17) is 4.42 Å². The lowest BCUT2D eigenvalue weighted by atomic mass is 9.94. The van der Waals surface area contributed by atoms with Gasteiger partial charge in [0.1, 0.15) is 11.2 Å². The van der Waals surface area contributed by atoms with Crippen LogP contribution in [0.4, 0.5) is 17.1 Å². The van der Waals surface area contributed by atoms with Crippen LogP contribution in [0.25, 0.3) is 65.4 Å². The van der Waals surface area contributed by atoms with Gasteiger partial charge < -0.3 is 9.32 Å². The molecule has 0 aliphatic heterocycles. The Morgan fingerprint density at radius 1 is 0.341 bits per heavy atom. The molecule has 0 spiro atoms. The second-order valence-electron chi connectivity index (χ2n) is 11.4. The van der Waals surface area contributed by atoms with Crippen molar-refractivity contribution < 1.29 is 4.42 Å². The van der Waals surface area contributed by atoms with Crippen molar-refractivity contribution >= 4 is 71.3 Å². The average molecular weight is 562 g/mol. The first-order valence-corrected chi connectivity index (χ1v) is 15.0. The summed E-state index contributed by atoms with van der Waals surface area (Å²) >= 11 is 0. The molecular weight excluding hydrogens is 534 g/mol. The van der Waals surface area contributed by atoms with Gasteiger partial charge in [0.15, 0.2) is 0 Å². The summed E-state index contributed by atoms with van der Waals surface area (Å²) in [4.78, 5) is 2.29. The lowest BCUT2D eigenvalue weighted by molar-refractivity contribution is 0.669. The van der Waals surface area contributed by atoms with E-state index in [1.807, 2.05) is 12.1 Å². The molecule has 0 saturated heterocycles. The summed E-state index contributed by atoms with van der Waals surface area (Å²) in [6.07, 6.45) is 0. The molecule has 0 N–H and O–H groups in total. The summed E-state index contributed by atoms with van der Waals surface area (Å²) in [7, 11) is 0. The van der Waals surface area contributed by atoms with Gasteiger partial charge in [0.05, 0.1) is 0 Å². The number of anilines is 3. The minimum Gasteiger partial charge on any atom is -0.456 e. The molecule has 0 saturated carbocycles. The predicted molar refractivity (Wildman–Crippen MR) is 186 cm³/mol. The van der Waals surface area contributed by atoms with Crippen molar-refractivity contribution in [2.75, 3.05) is 4.90 Å². The van der Waals surface area contributed by atoms with Crippen LogP contribution in [0.15, 0.2) is 168 Å². The zero-order chi connectivity index (χ0) is 29.0. The molecule has 0 unspecified atom stereocenters. The number of benzene rings is 8. The topological polar surface area (TPSA) is 16.4 Å². The molecule has 8 aromatic carbocycles. The molecule has 0 aliphatic rings. The lowest BCUT2D eigenvalue weighted by Gasteiger charge is -2.25. The summed E-state index contributed by atoms with van der Waals surface area (Å²) in [6.45, 7) is 0. The highest BCUT2D eigenvalue weighted by Gasteiger charge is 2.15. The van der Waals surface area contributed by atoms with Gasteiger partial charge in [-0.05, 0) is 92.0 Å². The Labute approximate surface area is 255 Å². The van der Waals surface area contributed by atoms with E-state index >= 15 is 0 Å². The van der Waals surface area contributed by atoms with Crippen LogP contribution < -0.4 is 4.90 Å². The number of rotatable bonds is 4. The minimum absolute atomic E-state index is 0.887. The van der Waals surface area contributed by atoms with Crippen molar-refractivity contribution in [1.82, 2.24) is 0 Å². The highest BCUT2D eigenvalue weighted by molar-refractivity contribution is 6.20. The molecule has 9 aromatic rings. The van der Waals surface area contributed by atoms with Gasteiger partial charge in [0, 0.05) is 33.9 Å². The molecule has 2 nitrogen and oxygen atoms in total. The Hall–Kier alpha value is -5.86. The van der Waals surface area contributed by atoms with Crippen molar-refractivity contribution in [2.24, 2.45) is 0 Å². The third kappa shape index (κ3) is 3.96. The quantitative estimate of drug-likeness (QED) is 0.199. The Kier molecular flexibility index (Phi) is 5.54. The molecular formula is C42H27NO. The van der Waals surface area contributed by atoms with E-state index in [2.05, 4.69) is 157 Å². The van der Waals surface area contributed by atoms with E-state index in [-0.39, 0.29) is 0 Å². The van der Waals surface area contributed by atoms with E-state index in [0.29, 0.717) is 0 Å². The van der Waals surface area contributed by atoms with Crippen LogP contribution in [0.5, 0.6) is 0 Å². The van der Waals surface area contributed by atoms with Crippen molar-refractivity contribution in [3.05, 3.63) is 164 Å². The molecule has 1 aromatic heterocycles. The van der Waals surface area contributed by atoms with Crippen LogP contribution in [0.2, 0.25) is 0 Å². The van der Waals surface area contributed by atoms with Gasteiger partial charge in [-0.2, -0.15) is 0 Å². The Morgan fingerprint density at radius 2 is 0.932 bits per heavy atom. The van der Waals surface area contributed by atoms with E-state index in [0.717, 1.165) is 39.0 Å². The van der Waals surface area contributed by atoms with Crippen LogP contribution in [0, 0.1) is 0 Å². The predicted octanol–water partition coefficient (Wildman–Crippen LogP) is 12.2. The second kappa shape index (κ2) is 9.86. The van der Waals surface area contributed by atoms with Gasteiger partial charge >= 0.3 is 0 Å². The van der Waals surface area contributed by atoms with Crippen molar-refractivity contribution in [1.29, 1.82) is 0 Å². The summed E-state index contributed by atoms with van der Waals surface area (Å²) in [5, 5.41) is 9.98. The van der Waals surface area contributed by atoms with E-state index in [9.17, 15) is 0 Å². The standard InChI is InChI=1S/C42H27NO/c1-2-9-33(10-3-1)43(35-23-25-39-38-12-6-7-13-40(38)44-41(39)27-35)34-21-18-28(19-22-34)31-20-24-37-32(26-31)17-16-30-15-14-29-8-4-5-11-36(29)42(30)37/h1-27H. The molecule has 0 aliphatic carbocycles. The molecule has 0 fully saturated rings. The zero-order valence-electron chi connectivity index (χ0n) is 23.9. The largest absolute Gasteiger partial charge is 0.456 e. The highest BCUT2D eigenvalue weighted by Crippen LogP contribution is 2.40. The highest BCUT2D eigenvalue weighted by atomic mass is 16.3. The maximum Gasteiger partial charge on any atom is 0.137 e. The molecule has 0 bridgehead atoms. The fourth-order valence-corrected chi connectivity index (χ4v) is 6.70. The first kappa shape index (κ1) is 24.7. The molecule has 0 amide bonds. The van der Waals surface area contributed by atoms with Gasteiger partial charge in [-0.25, -0.2) is 0 Å². The second-order valence-corrected chi connectivity index (χ2v) is 11.4. The van der Waals surface area contributed by atoms with E-state index < -0.39 is 0 Å². The number of hydrogen-bond donors (Lipinski definition) is 0. The fraction of sp³-hybridized carbons (Fsp3) is 0. The number of para-hydroxylation sites is 2. The number of fused-ring (bicyclic) bond motifs is 8. The van der Waals surface area contributed by atoms with Crippen LogP contribution in [0.3, 0.4) is 0 Å². The van der Waals surface area contributed by atoms with Gasteiger partial charge in [-0.3, -0.25) is 0 Å². The van der Waals surface area contributed by atoms with Crippen LogP contribution in [-0.4, -0.2) is 0 Å². The maximum absolute atomic E-state index is 6.25. The molecule has 44 heavy (non-hydrogen) atoms. The molecule has 1 heterocycles. The minimum atomic E-state index is 0.887. The van der Waals surface area contributed by atoms with Gasteiger partial charge in [-0.15, -0.1) is 0 Å². The lowest BCUT2D eigenvalue weighted by Crippen LogP contribution is -2.09. The van der Waals surface area contributed by atoms with Crippen LogP contribution in [0.1, 0.15) is 0 Å². The molecule has 0 atom stereocenters. The van der Waals surface area contributed by atoms with Crippen LogP contribution >= 0.6 is 0 Å². The van der Waals surface area contributed by atoms with Crippen LogP contribution in [-0.2, 0) is 0 Å². The maximum atomic E-state index is 6.25. The Balaban J connectivity index is 1.13. The Bertz CT molecular complexity index is 2490. The third-order valence-corrected chi connectivity index (χ3v) is 8.82. The summed E-state index contributed by atoms with van der Waals surface area (Å²) in [5.74, 6) is 0. The fourth-order valence-electron chi connectivity index (χ4n) is 6.70.